The number of piperidine rings is 1. The number of amides is 1. The highest BCUT2D eigenvalue weighted by Crippen LogP contribution is 2.27. The zero-order valence-electron chi connectivity index (χ0n) is 12.5. The average molecular weight is 304 g/mol. The fourth-order valence-corrected chi connectivity index (χ4v) is 3.51. The van der Waals surface area contributed by atoms with Crippen LogP contribution < -0.4 is 4.90 Å². The molecule has 0 aromatic carbocycles. The van der Waals surface area contributed by atoms with Gasteiger partial charge in [0, 0.05) is 33.1 Å². The molecule has 0 bridgehead atoms. The van der Waals surface area contributed by atoms with Gasteiger partial charge in [-0.25, -0.2) is 9.97 Å². The van der Waals surface area contributed by atoms with E-state index in [4.69, 9.17) is 0 Å². The molecule has 3 heterocycles. The Hall–Kier alpha value is -1.69. The highest BCUT2D eigenvalue weighted by Gasteiger charge is 2.19. The lowest BCUT2D eigenvalue weighted by Crippen LogP contribution is -2.40. The van der Waals surface area contributed by atoms with E-state index >= 15 is 0 Å². The van der Waals surface area contributed by atoms with Gasteiger partial charge in [-0.15, -0.1) is 11.3 Å². The molecular formula is C15H20N4OS. The lowest BCUT2D eigenvalue weighted by molar-refractivity contribution is -0.133. The second-order valence-corrected chi connectivity index (χ2v) is 6.39. The van der Waals surface area contributed by atoms with Crippen molar-refractivity contribution >= 4 is 33.3 Å². The van der Waals surface area contributed by atoms with Crippen molar-refractivity contribution in [1.29, 1.82) is 0 Å². The van der Waals surface area contributed by atoms with Gasteiger partial charge in [0.25, 0.3) is 0 Å². The zero-order valence-corrected chi connectivity index (χ0v) is 13.3. The van der Waals surface area contributed by atoms with Crippen LogP contribution in [0.2, 0.25) is 0 Å². The molecule has 0 saturated carbocycles. The van der Waals surface area contributed by atoms with Crippen LogP contribution in [0.3, 0.4) is 0 Å². The highest BCUT2D eigenvalue weighted by molar-refractivity contribution is 7.16. The zero-order chi connectivity index (χ0) is 14.8. The molecule has 0 radical (unpaired) electrons. The van der Waals surface area contributed by atoms with E-state index in [-0.39, 0.29) is 5.91 Å². The molecule has 0 aliphatic carbocycles. The smallest absolute Gasteiger partial charge is 0.222 e. The Balaban J connectivity index is 1.73. The topological polar surface area (TPSA) is 49.3 Å². The summed E-state index contributed by atoms with van der Waals surface area (Å²) < 4.78 is 0. The van der Waals surface area contributed by atoms with Crippen LogP contribution in [0.4, 0.5) is 5.82 Å². The largest absolute Gasteiger partial charge is 0.357 e. The number of thiophene rings is 1. The van der Waals surface area contributed by atoms with Crippen LogP contribution in [0.25, 0.3) is 10.2 Å². The van der Waals surface area contributed by atoms with E-state index in [1.54, 1.807) is 11.3 Å². The van der Waals surface area contributed by atoms with Crippen molar-refractivity contribution in [2.24, 2.45) is 0 Å². The number of rotatable bonds is 4. The third-order valence-electron chi connectivity index (χ3n) is 3.91. The molecule has 2 aromatic rings. The number of fused-ring (bicyclic) bond motifs is 1. The van der Waals surface area contributed by atoms with Gasteiger partial charge in [-0.05, 0) is 31.2 Å². The van der Waals surface area contributed by atoms with Gasteiger partial charge in [0.1, 0.15) is 16.5 Å². The highest BCUT2D eigenvalue weighted by atomic mass is 32.1. The first kappa shape index (κ1) is 14.3. The van der Waals surface area contributed by atoms with Gasteiger partial charge in [-0.2, -0.15) is 0 Å². The van der Waals surface area contributed by atoms with Crippen molar-refractivity contribution in [2.75, 3.05) is 31.6 Å². The molecule has 0 atom stereocenters. The van der Waals surface area contributed by atoms with E-state index in [1.807, 2.05) is 24.3 Å². The van der Waals surface area contributed by atoms with Crippen molar-refractivity contribution in [3.8, 4) is 0 Å². The Labute approximate surface area is 128 Å². The number of hydrogen-bond donors (Lipinski definition) is 0. The number of aromatic nitrogens is 2. The molecule has 0 N–H and O–H groups in total. The normalized spacial score (nSPS) is 15.7. The second kappa shape index (κ2) is 5.97. The predicted molar refractivity (Wildman–Crippen MR) is 85.9 cm³/mol. The molecule has 0 unspecified atom stereocenters. The van der Waals surface area contributed by atoms with Crippen LogP contribution in [0.15, 0.2) is 11.4 Å². The number of likely N-dealkylation sites (tertiary alicyclic amines) is 1. The number of nitrogens with zero attached hydrogens (tertiary/aromatic N) is 4. The van der Waals surface area contributed by atoms with Crippen molar-refractivity contribution in [3.63, 3.8) is 0 Å². The van der Waals surface area contributed by atoms with E-state index in [1.165, 1.54) is 0 Å². The van der Waals surface area contributed by atoms with Gasteiger partial charge in [0.15, 0.2) is 0 Å². The number of likely N-dealkylation sites (N-methyl/N-ethyl adjacent to an activating group) is 1. The fourth-order valence-electron chi connectivity index (χ4n) is 2.71. The van der Waals surface area contributed by atoms with E-state index in [0.29, 0.717) is 6.42 Å². The third-order valence-corrected chi connectivity index (χ3v) is 4.71. The lowest BCUT2D eigenvalue weighted by atomic mass is 10.1. The molecule has 112 valence electrons. The number of anilines is 1. The SMILES string of the molecule is Cc1nc(N(C)CCN2CCCCC2=O)c2ccsc2n1. The minimum atomic E-state index is 0.286. The number of aryl methyl sites for hydroxylation is 1. The van der Waals surface area contributed by atoms with Crippen molar-refractivity contribution < 1.29 is 4.79 Å². The Kier molecular flexibility index (Phi) is 4.05. The third kappa shape index (κ3) is 3.00. The summed E-state index contributed by atoms with van der Waals surface area (Å²) in [5.41, 5.74) is 0. The summed E-state index contributed by atoms with van der Waals surface area (Å²) >= 11 is 1.64. The second-order valence-electron chi connectivity index (χ2n) is 5.49. The number of carbonyl (C=O) groups is 1. The molecule has 2 aromatic heterocycles. The van der Waals surface area contributed by atoms with Gasteiger partial charge >= 0.3 is 0 Å². The van der Waals surface area contributed by atoms with Crippen molar-refractivity contribution in [3.05, 3.63) is 17.3 Å². The van der Waals surface area contributed by atoms with Crippen LogP contribution >= 0.6 is 11.3 Å². The summed E-state index contributed by atoms with van der Waals surface area (Å²) in [7, 11) is 2.04. The molecule has 5 nitrogen and oxygen atoms in total. The monoisotopic (exact) mass is 304 g/mol. The Morgan fingerprint density at radius 2 is 2.24 bits per heavy atom. The maximum absolute atomic E-state index is 11.9. The first-order valence-corrected chi connectivity index (χ1v) is 8.24. The molecule has 1 amide bonds. The van der Waals surface area contributed by atoms with Crippen LogP contribution in [0, 0.1) is 6.92 Å². The molecule has 21 heavy (non-hydrogen) atoms. The van der Waals surface area contributed by atoms with E-state index in [9.17, 15) is 4.79 Å². The summed E-state index contributed by atoms with van der Waals surface area (Å²) in [4.78, 5) is 26.0. The quantitative estimate of drug-likeness (QED) is 0.870. The first-order valence-electron chi connectivity index (χ1n) is 7.36. The van der Waals surface area contributed by atoms with Gasteiger partial charge in [-0.3, -0.25) is 4.79 Å². The average Bonchev–Trinajstić information content (AvgIpc) is 2.93. The van der Waals surface area contributed by atoms with Crippen LogP contribution in [-0.2, 0) is 4.79 Å². The van der Waals surface area contributed by atoms with Crippen LogP contribution in [0.1, 0.15) is 25.1 Å². The number of hydrogen-bond acceptors (Lipinski definition) is 5. The van der Waals surface area contributed by atoms with Crippen LogP contribution in [0.5, 0.6) is 0 Å². The van der Waals surface area contributed by atoms with Crippen molar-refractivity contribution in [2.45, 2.75) is 26.2 Å². The van der Waals surface area contributed by atoms with Gasteiger partial charge in [0.2, 0.25) is 5.91 Å². The Morgan fingerprint density at radius 3 is 3.05 bits per heavy atom. The molecular weight excluding hydrogens is 284 g/mol. The van der Waals surface area contributed by atoms with Crippen molar-refractivity contribution in [1.82, 2.24) is 14.9 Å². The maximum Gasteiger partial charge on any atom is 0.222 e. The van der Waals surface area contributed by atoms with E-state index in [0.717, 1.165) is 54.3 Å². The minimum absolute atomic E-state index is 0.286. The summed E-state index contributed by atoms with van der Waals surface area (Å²) in [6, 6.07) is 2.07. The molecule has 1 aliphatic rings. The maximum atomic E-state index is 11.9. The van der Waals surface area contributed by atoms with Gasteiger partial charge in [-0.1, -0.05) is 0 Å². The molecule has 1 aliphatic heterocycles. The summed E-state index contributed by atoms with van der Waals surface area (Å²) in [5.74, 6) is 2.04. The fraction of sp³-hybridized carbons (Fsp3) is 0.533. The summed E-state index contributed by atoms with van der Waals surface area (Å²) in [6.07, 6.45) is 2.85. The Morgan fingerprint density at radius 1 is 1.38 bits per heavy atom. The summed E-state index contributed by atoms with van der Waals surface area (Å²) in [6.45, 7) is 4.38. The Bertz CT molecular complexity index is 654. The lowest BCUT2D eigenvalue weighted by Gasteiger charge is -2.29. The van der Waals surface area contributed by atoms with Crippen LogP contribution in [-0.4, -0.2) is 47.5 Å². The molecule has 1 fully saturated rings. The van der Waals surface area contributed by atoms with Gasteiger partial charge in [0.05, 0.1) is 5.39 Å². The minimum Gasteiger partial charge on any atom is -0.357 e. The predicted octanol–water partition coefficient (Wildman–Crippen LogP) is 2.45. The standard InChI is InChI=1S/C15H20N4OS/c1-11-16-14(12-6-10-21-15(12)17-11)18(2)8-9-19-7-4-3-5-13(19)20/h6,10H,3-5,7-9H2,1-2H3. The summed E-state index contributed by atoms with van der Waals surface area (Å²) in [5, 5.41) is 3.14. The molecule has 1 saturated heterocycles. The molecule has 3 rings (SSSR count). The number of carbonyl (C=O) groups excluding carboxylic acids is 1. The van der Waals surface area contributed by atoms with E-state index in [2.05, 4.69) is 20.9 Å². The molecule has 6 heteroatoms. The molecule has 0 spiro atoms. The first-order chi connectivity index (χ1) is 10.1. The van der Waals surface area contributed by atoms with E-state index < -0.39 is 0 Å². The van der Waals surface area contributed by atoms with Gasteiger partial charge < -0.3 is 9.80 Å².